The molecule has 0 bridgehead atoms. The van der Waals surface area contributed by atoms with Crippen molar-refractivity contribution < 1.29 is 8.42 Å². The Morgan fingerprint density at radius 1 is 1.08 bits per heavy atom. The minimum Gasteiger partial charge on any atom is -0.229 e. The zero-order valence-corrected chi connectivity index (χ0v) is 13.8. The van der Waals surface area contributed by atoms with Crippen molar-refractivity contribution in [2.75, 3.05) is 0 Å². The molecule has 1 heterocycles. The Bertz CT molecular complexity index is 1050. The van der Waals surface area contributed by atoms with Crippen LogP contribution in [0.3, 0.4) is 0 Å². The monoisotopic (exact) mass is 358 g/mol. The number of benzene rings is 2. The summed E-state index contributed by atoms with van der Waals surface area (Å²) < 4.78 is 25.1. The van der Waals surface area contributed by atoms with E-state index in [1.165, 1.54) is 10.7 Å². The Hall–Kier alpha value is -2.66. The summed E-state index contributed by atoms with van der Waals surface area (Å²) in [6.07, 6.45) is 0. The minimum absolute atomic E-state index is 0.000239. The fourth-order valence-corrected chi connectivity index (χ4v) is 3.35. The highest BCUT2D eigenvalue weighted by molar-refractivity contribution is 7.89. The van der Waals surface area contributed by atoms with Crippen LogP contribution in [0.2, 0.25) is 5.02 Å². The molecule has 0 radical (unpaired) electrons. The van der Waals surface area contributed by atoms with Gasteiger partial charge >= 0.3 is 0 Å². The molecule has 0 amide bonds. The summed E-state index contributed by atoms with van der Waals surface area (Å²) in [6.45, 7) is 0. The summed E-state index contributed by atoms with van der Waals surface area (Å²) >= 11 is 6.29. The van der Waals surface area contributed by atoms with Gasteiger partial charge in [0.15, 0.2) is 5.69 Å². The van der Waals surface area contributed by atoms with E-state index in [9.17, 15) is 13.7 Å². The van der Waals surface area contributed by atoms with Crippen LogP contribution in [0.4, 0.5) is 0 Å². The van der Waals surface area contributed by atoms with Crippen molar-refractivity contribution in [1.82, 2.24) is 9.78 Å². The van der Waals surface area contributed by atoms with Crippen LogP contribution in [-0.2, 0) is 10.0 Å². The van der Waals surface area contributed by atoms with Gasteiger partial charge in [0.1, 0.15) is 16.0 Å². The molecule has 24 heavy (non-hydrogen) atoms. The van der Waals surface area contributed by atoms with Crippen LogP contribution in [0.1, 0.15) is 5.69 Å². The molecule has 0 atom stereocenters. The zero-order chi connectivity index (χ0) is 17.3. The molecule has 0 saturated heterocycles. The van der Waals surface area contributed by atoms with Gasteiger partial charge in [-0.2, -0.15) is 10.4 Å². The first-order chi connectivity index (χ1) is 11.4. The average Bonchev–Trinajstić information content (AvgIpc) is 2.91. The van der Waals surface area contributed by atoms with Gasteiger partial charge in [-0.1, -0.05) is 54.1 Å². The Morgan fingerprint density at radius 2 is 1.71 bits per heavy atom. The molecule has 0 spiro atoms. The summed E-state index contributed by atoms with van der Waals surface area (Å²) in [6, 6.07) is 17.1. The largest absolute Gasteiger partial charge is 0.240 e. The zero-order valence-electron chi connectivity index (χ0n) is 12.2. The lowest BCUT2D eigenvalue weighted by molar-refractivity contribution is 0.596. The molecule has 6 nitrogen and oxygen atoms in total. The molecule has 1 aromatic heterocycles. The van der Waals surface area contributed by atoms with E-state index < -0.39 is 10.0 Å². The molecule has 0 aliphatic carbocycles. The number of aromatic nitrogens is 2. The molecule has 0 aliphatic heterocycles. The smallest absolute Gasteiger partial charge is 0.229 e. The van der Waals surface area contributed by atoms with E-state index in [4.69, 9.17) is 16.7 Å². The van der Waals surface area contributed by atoms with Crippen LogP contribution in [0.5, 0.6) is 0 Å². The van der Waals surface area contributed by atoms with Gasteiger partial charge in [-0.15, -0.1) is 0 Å². The fraction of sp³-hybridized carbons (Fsp3) is 0. The first-order valence-electron chi connectivity index (χ1n) is 6.79. The lowest BCUT2D eigenvalue weighted by Crippen LogP contribution is -2.16. The van der Waals surface area contributed by atoms with Crippen LogP contribution in [0.25, 0.3) is 16.9 Å². The highest BCUT2D eigenvalue weighted by Crippen LogP contribution is 2.34. The maximum atomic E-state index is 11.9. The molecule has 0 aliphatic rings. The predicted octanol–water partition coefficient (Wildman–Crippen LogP) is 2.71. The Morgan fingerprint density at radius 3 is 2.33 bits per heavy atom. The Balaban J connectivity index is 2.38. The van der Waals surface area contributed by atoms with Gasteiger partial charge in [-0.05, 0) is 12.1 Å². The van der Waals surface area contributed by atoms with Crippen molar-refractivity contribution >= 4 is 21.6 Å². The molecule has 2 N–H and O–H groups in total. The topological polar surface area (TPSA) is 102 Å². The van der Waals surface area contributed by atoms with Gasteiger partial charge in [0.25, 0.3) is 0 Å². The number of sulfonamides is 1. The molecule has 0 unspecified atom stereocenters. The first kappa shape index (κ1) is 16.2. The summed E-state index contributed by atoms with van der Waals surface area (Å²) in [5.41, 5.74) is 1.34. The molecule has 0 saturated carbocycles. The van der Waals surface area contributed by atoms with E-state index in [1.807, 2.05) is 12.1 Å². The number of para-hydroxylation sites is 1. The van der Waals surface area contributed by atoms with Crippen molar-refractivity contribution in [3.8, 4) is 23.0 Å². The lowest BCUT2D eigenvalue weighted by Gasteiger charge is -2.11. The van der Waals surface area contributed by atoms with Crippen LogP contribution in [0, 0.1) is 11.3 Å². The number of nitrogens with zero attached hydrogens (tertiary/aromatic N) is 3. The molecule has 3 rings (SSSR count). The summed E-state index contributed by atoms with van der Waals surface area (Å²) in [5, 5.41) is 18.8. The molecule has 120 valence electrons. The van der Waals surface area contributed by atoms with E-state index in [-0.39, 0.29) is 21.3 Å². The normalized spacial score (nSPS) is 11.2. The number of halogens is 1. The van der Waals surface area contributed by atoms with Crippen LogP contribution < -0.4 is 5.14 Å². The maximum absolute atomic E-state index is 11.9. The molecular formula is C16H11ClN4O2S. The average molecular weight is 359 g/mol. The molecule has 8 heteroatoms. The van der Waals surface area contributed by atoms with Gasteiger partial charge in [0, 0.05) is 5.56 Å². The van der Waals surface area contributed by atoms with Gasteiger partial charge in [0.2, 0.25) is 10.0 Å². The van der Waals surface area contributed by atoms with Gasteiger partial charge in [-0.25, -0.2) is 18.2 Å². The summed E-state index contributed by atoms with van der Waals surface area (Å²) in [7, 11) is -3.98. The van der Waals surface area contributed by atoms with E-state index in [0.29, 0.717) is 11.3 Å². The minimum atomic E-state index is -3.98. The third-order valence-corrected chi connectivity index (χ3v) is 4.70. The number of hydrogen-bond acceptors (Lipinski definition) is 4. The third kappa shape index (κ3) is 2.78. The lowest BCUT2D eigenvalue weighted by atomic mass is 10.1. The fourth-order valence-electron chi connectivity index (χ4n) is 2.36. The molecule has 2 aromatic carbocycles. The summed E-state index contributed by atoms with van der Waals surface area (Å²) in [5.74, 6) is 0. The Kier molecular flexibility index (Phi) is 4.11. The highest BCUT2D eigenvalue weighted by atomic mass is 35.5. The second kappa shape index (κ2) is 6.09. The predicted molar refractivity (Wildman–Crippen MR) is 90.1 cm³/mol. The first-order valence-corrected chi connectivity index (χ1v) is 8.72. The number of rotatable bonds is 3. The molecule has 3 aromatic rings. The van der Waals surface area contributed by atoms with Gasteiger partial charge in [-0.3, -0.25) is 0 Å². The third-order valence-electron chi connectivity index (χ3n) is 3.38. The van der Waals surface area contributed by atoms with Crippen molar-refractivity contribution in [1.29, 1.82) is 5.26 Å². The van der Waals surface area contributed by atoms with Crippen LogP contribution in [-0.4, -0.2) is 18.2 Å². The SMILES string of the molecule is N#Cc1nn(-c2ccccc2S(N)(=O)=O)c(-c2ccccc2)c1Cl. The van der Waals surface area contributed by atoms with E-state index in [0.717, 1.165) is 0 Å². The quantitative estimate of drug-likeness (QED) is 0.777. The van der Waals surface area contributed by atoms with E-state index in [1.54, 1.807) is 42.5 Å². The second-order valence-corrected chi connectivity index (χ2v) is 6.82. The molecular weight excluding hydrogens is 348 g/mol. The number of nitrogens with two attached hydrogens (primary N) is 1. The number of hydrogen-bond donors (Lipinski definition) is 1. The molecule has 0 fully saturated rings. The number of nitriles is 1. The van der Waals surface area contributed by atoms with Gasteiger partial charge in [0.05, 0.1) is 11.4 Å². The van der Waals surface area contributed by atoms with E-state index in [2.05, 4.69) is 5.10 Å². The van der Waals surface area contributed by atoms with Crippen molar-refractivity contribution in [3.05, 3.63) is 65.3 Å². The maximum Gasteiger partial charge on any atom is 0.240 e. The van der Waals surface area contributed by atoms with Crippen molar-refractivity contribution in [2.45, 2.75) is 4.90 Å². The number of primary sulfonamides is 1. The summed E-state index contributed by atoms with van der Waals surface area (Å²) in [4.78, 5) is -0.106. The van der Waals surface area contributed by atoms with Gasteiger partial charge < -0.3 is 0 Å². The second-order valence-electron chi connectivity index (χ2n) is 4.91. The van der Waals surface area contributed by atoms with Crippen LogP contribution in [0.15, 0.2) is 59.5 Å². The Labute approximate surface area is 143 Å². The highest BCUT2D eigenvalue weighted by Gasteiger charge is 2.23. The standard InChI is InChI=1S/C16H11ClN4O2S/c17-15-12(10-18)20-21(16(15)11-6-2-1-3-7-11)13-8-4-5-9-14(13)24(19,22)23/h1-9H,(H2,19,22,23). The van der Waals surface area contributed by atoms with Crippen molar-refractivity contribution in [2.24, 2.45) is 5.14 Å². The van der Waals surface area contributed by atoms with Crippen LogP contribution >= 0.6 is 11.6 Å². The van der Waals surface area contributed by atoms with E-state index >= 15 is 0 Å². The van der Waals surface area contributed by atoms with Crippen molar-refractivity contribution in [3.63, 3.8) is 0 Å².